The summed E-state index contributed by atoms with van der Waals surface area (Å²) >= 11 is 0. The quantitative estimate of drug-likeness (QED) is 0.771. The minimum absolute atomic E-state index is 0.236. The molecule has 1 N–H and O–H groups in total. The van der Waals surface area contributed by atoms with Crippen LogP contribution in [0.4, 0.5) is 4.39 Å². The van der Waals surface area contributed by atoms with Crippen molar-refractivity contribution in [2.24, 2.45) is 0 Å². The van der Waals surface area contributed by atoms with Crippen LogP contribution in [0.3, 0.4) is 0 Å². The lowest BCUT2D eigenvalue weighted by Crippen LogP contribution is -2.04. The summed E-state index contributed by atoms with van der Waals surface area (Å²) in [6.45, 7) is 1.72. The molecule has 3 rings (SSSR count). The predicted molar refractivity (Wildman–Crippen MR) is 78.8 cm³/mol. The second-order valence-corrected chi connectivity index (χ2v) is 4.79. The first-order valence-corrected chi connectivity index (χ1v) is 6.46. The van der Waals surface area contributed by atoms with E-state index in [4.69, 9.17) is 0 Å². The van der Waals surface area contributed by atoms with E-state index in [-0.39, 0.29) is 11.4 Å². The first-order valence-electron chi connectivity index (χ1n) is 6.46. The molecular formula is C17H12FNO2. The highest BCUT2D eigenvalue weighted by atomic mass is 19.1. The number of para-hydroxylation sites is 1. The Bertz CT molecular complexity index is 841. The average molecular weight is 281 g/mol. The van der Waals surface area contributed by atoms with Gasteiger partial charge in [0.05, 0.1) is 16.8 Å². The van der Waals surface area contributed by atoms with Crippen molar-refractivity contribution in [3.05, 3.63) is 65.5 Å². The van der Waals surface area contributed by atoms with Crippen LogP contribution in [0, 0.1) is 12.7 Å². The van der Waals surface area contributed by atoms with E-state index in [2.05, 4.69) is 4.98 Å². The number of fused-ring (bicyclic) bond motifs is 1. The van der Waals surface area contributed by atoms with E-state index >= 15 is 0 Å². The largest absolute Gasteiger partial charge is 0.478 e. The lowest BCUT2D eigenvalue weighted by Gasteiger charge is -2.11. The van der Waals surface area contributed by atoms with Crippen molar-refractivity contribution in [1.29, 1.82) is 0 Å². The lowest BCUT2D eigenvalue weighted by atomic mass is 9.98. The molecule has 0 fully saturated rings. The van der Waals surface area contributed by atoms with Crippen molar-refractivity contribution < 1.29 is 14.3 Å². The number of halogens is 1. The number of carboxylic acids is 1. The number of hydrogen-bond acceptors (Lipinski definition) is 2. The standard InChI is InChI=1S/C17H12FNO2/c1-10-15(17(20)21)13-4-2-3-5-14(13)19-16(10)11-6-8-12(18)9-7-11/h2-9H,1H3,(H,20,21). The van der Waals surface area contributed by atoms with Gasteiger partial charge in [-0.05, 0) is 42.8 Å². The molecule has 0 unspecified atom stereocenters. The van der Waals surface area contributed by atoms with E-state index in [1.165, 1.54) is 12.1 Å². The molecule has 1 aromatic heterocycles. The third-order valence-corrected chi connectivity index (χ3v) is 3.47. The predicted octanol–water partition coefficient (Wildman–Crippen LogP) is 4.05. The van der Waals surface area contributed by atoms with Crippen LogP contribution in [0.5, 0.6) is 0 Å². The summed E-state index contributed by atoms with van der Waals surface area (Å²) in [6.07, 6.45) is 0. The molecule has 0 bridgehead atoms. The van der Waals surface area contributed by atoms with Gasteiger partial charge in [-0.25, -0.2) is 14.2 Å². The highest BCUT2D eigenvalue weighted by Gasteiger charge is 2.17. The van der Waals surface area contributed by atoms with Gasteiger partial charge < -0.3 is 5.11 Å². The second-order valence-electron chi connectivity index (χ2n) is 4.79. The zero-order chi connectivity index (χ0) is 15.0. The molecule has 0 amide bonds. The first kappa shape index (κ1) is 13.2. The Labute approximate surface area is 120 Å². The fourth-order valence-corrected chi connectivity index (χ4v) is 2.47. The second kappa shape index (κ2) is 4.98. The maximum atomic E-state index is 13.0. The van der Waals surface area contributed by atoms with Crippen molar-refractivity contribution in [3.63, 3.8) is 0 Å². The van der Waals surface area contributed by atoms with Gasteiger partial charge in [0.1, 0.15) is 5.82 Å². The van der Waals surface area contributed by atoms with Gasteiger partial charge in [-0.1, -0.05) is 18.2 Å². The molecule has 0 aliphatic carbocycles. The Hall–Kier alpha value is -2.75. The summed E-state index contributed by atoms with van der Waals surface area (Å²) in [5.41, 5.74) is 2.68. The highest BCUT2D eigenvalue weighted by Crippen LogP contribution is 2.29. The molecule has 3 nitrogen and oxygen atoms in total. The average Bonchev–Trinajstić information content (AvgIpc) is 2.47. The third-order valence-electron chi connectivity index (χ3n) is 3.47. The van der Waals surface area contributed by atoms with Gasteiger partial charge in [0.15, 0.2) is 0 Å². The molecule has 3 aromatic rings. The molecule has 0 aliphatic rings. The van der Waals surface area contributed by atoms with Crippen molar-refractivity contribution >= 4 is 16.9 Å². The zero-order valence-electron chi connectivity index (χ0n) is 11.3. The Morgan fingerprint density at radius 1 is 1.10 bits per heavy atom. The van der Waals surface area contributed by atoms with Gasteiger partial charge in [0.2, 0.25) is 0 Å². The van der Waals surface area contributed by atoms with Crippen LogP contribution < -0.4 is 0 Å². The van der Waals surface area contributed by atoms with Crippen LogP contribution in [-0.2, 0) is 0 Å². The third kappa shape index (κ3) is 2.25. The molecule has 0 saturated heterocycles. The maximum Gasteiger partial charge on any atom is 0.336 e. The van der Waals surface area contributed by atoms with Gasteiger partial charge in [-0.15, -0.1) is 0 Å². The van der Waals surface area contributed by atoms with Gasteiger partial charge in [-0.3, -0.25) is 0 Å². The summed E-state index contributed by atoms with van der Waals surface area (Å²) in [7, 11) is 0. The molecule has 0 radical (unpaired) electrons. The molecule has 104 valence electrons. The van der Waals surface area contributed by atoms with Crippen LogP contribution in [-0.4, -0.2) is 16.1 Å². The van der Waals surface area contributed by atoms with Gasteiger partial charge in [-0.2, -0.15) is 0 Å². The number of nitrogens with zero attached hydrogens (tertiary/aromatic N) is 1. The molecule has 0 spiro atoms. The number of benzene rings is 2. The van der Waals surface area contributed by atoms with Crippen LogP contribution in [0.1, 0.15) is 15.9 Å². The van der Waals surface area contributed by atoms with E-state index in [1.54, 1.807) is 37.3 Å². The van der Waals surface area contributed by atoms with Crippen LogP contribution >= 0.6 is 0 Å². The molecule has 1 heterocycles. The summed E-state index contributed by atoms with van der Waals surface area (Å²) in [4.78, 5) is 16.1. The van der Waals surface area contributed by atoms with Gasteiger partial charge >= 0.3 is 5.97 Å². The van der Waals surface area contributed by atoms with Gasteiger partial charge in [0, 0.05) is 10.9 Å². The summed E-state index contributed by atoms with van der Waals surface area (Å²) in [5, 5.41) is 10.1. The van der Waals surface area contributed by atoms with Crippen molar-refractivity contribution in [2.75, 3.05) is 0 Å². The summed E-state index contributed by atoms with van der Waals surface area (Å²) in [6, 6.07) is 13.0. The van der Waals surface area contributed by atoms with Crippen LogP contribution in [0.25, 0.3) is 22.2 Å². The number of aromatic nitrogens is 1. The Morgan fingerprint density at radius 2 is 1.76 bits per heavy atom. The number of hydrogen-bond donors (Lipinski definition) is 1. The molecule has 0 saturated carbocycles. The zero-order valence-corrected chi connectivity index (χ0v) is 11.3. The molecule has 21 heavy (non-hydrogen) atoms. The monoisotopic (exact) mass is 281 g/mol. The van der Waals surface area contributed by atoms with E-state index < -0.39 is 5.97 Å². The van der Waals surface area contributed by atoms with Crippen molar-refractivity contribution in [2.45, 2.75) is 6.92 Å². The molecule has 4 heteroatoms. The fraction of sp³-hybridized carbons (Fsp3) is 0.0588. The fourth-order valence-electron chi connectivity index (χ4n) is 2.47. The minimum Gasteiger partial charge on any atom is -0.478 e. The SMILES string of the molecule is Cc1c(-c2ccc(F)cc2)nc2ccccc2c1C(=O)O. The topological polar surface area (TPSA) is 50.2 Å². The number of carbonyl (C=O) groups is 1. The first-order chi connectivity index (χ1) is 10.1. The molecule has 2 aromatic carbocycles. The number of rotatable bonds is 2. The van der Waals surface area contributed by atoms with Crippen LogP contribution in [0.15, 0.2) is 48.5 Å². The number of pyridine rings is 1. The van der Waals surface area contributed by atoms with Crippen LogP contribution in [0.2, 0.25) is 0 Å². The summed E-state index contributed by atoms with van der Waals surface area (Å²) < 4.78 is 13.0. The van der Waals surface area contributed by atoms with E-state index in [0.717, 1.165) is 0 Å². The molecule has 0 atom stereocenters. The minimum atomic E-state index is -0.991. The lowest BCUT2D eigenvalue weighted by molar-refractivity contribution is 0.0698. The van der Waals surface area contributed by atoms with Crippen molar-refractivity contribution in [1.82, 2.24) is 4.98 Å². The number of aromatic carboxylic acids is 1. The van der Waals surface area contributed by atoms with Gasteiger partial charge in [0.25, 0.3) is 0 Å². The van der Waals surface area contributed by atoms with E-state index in [1.807, 2.05) is 6.07 Å². The van der Waals surface area contributed by atoms with Crippen molar-refractivity contribution in [3.8, 4) is 11.3 Å². The van der Waals surface area contributed by atoms with E-state index in [9.17, 15) is 14.3 Å². The normalized spacial score (nSPS) is 10.8. The number of carboxylic acid groups (broad SMARTS) is 1. The highest BCUT2D eigenvalue weighted by molar-refractivity contribution is 6.05. The smallest absolute Gasteiger partial charge is 0.336 e. The molecular weight excluding hydrogens is 269 g/mol. The Balaban J connectivity index is 2.36. The van der Waals surface area contributed by atoms with E-state index in [0.29, 0.717) is 27.7 Å². The summed E-state index contributed by atoms with van der Waals surface area (Å²) in [5.74, 6) is -1.33. The molecule has 0 aliphatic heterocycles. The Kier molecular flexibility index (Phi) is 3.14. The maximum absolute atomic E-state index is 13.0. The Morgan fingerprint density at radius 3 is 2.43 bits per heavy atom.